The van der Waals surface area contributed by atoms with Gasteiger partial charge in [0.2, 0.25) is 0 Å². The van der Waals surface area contributed by atoms with Crippen LogP contribution in [0.4, 0.5) is 0 Å². The molecular weight excluding hydrogens is 336 g/mol. The van der Waals surface area contributed by atoms with Gasteiger partial charge in [-0.25, -0.2) is 4.68 Å². The number of para-hydroxylation sites is 1. The minimum atomic E-state index is 0. The van der Waals surface area contributed by atoms with E-state index in [0.29, 0.717) is 5.69 Å². The van der Waals surface area contributed by atoms with E-state index < -0.39 is 0 Å². The van der Waals surface area contributed by atoms with Crippen molar-refractivity contribution < 1.29 is 4.79 Å². The third-order valence-electron chi connectivity index (χ3n) is 5.30. The second-order valence-corrected chi connectivity index (χ2v) is 6.96. The monoisotopic (exact) mass is 360 g/mol. The zero-order chi connectivity index (χ0) is 16.7. The number of carbonyl (C=O) groups is 1. The highest BCUT2D eigenvalue weighted by Crippen LogP contribution is 2.30. The molecule has 134 valence electrons. The lowest BCUT2D eigenvalue weighted by molar-refractivity contribution is 0.0707. The predicted octanol–water partition coefficient (Wildman–Crippen LogP) is 2.65. The molecule has 0 spiro atoms. The van der Waals surface area contributed by atoms with Gasteiger partial charge in [0.25, 0.3) is 5.91 Å². The van der Waals surface area contributed by atoms with Gasteiger partial charge in [-0.05, 0) is 50.7 Å². The summed E-state index contributed by atoms with van der Waals surface area (Å²) in [6, 6.07) is 8.45. The van der Waals surface area contributed by atoms with Crippen LogP contribution >= 0.6 is 12.4 Å². The van der Waals surface area contributed by atoms with Gasteiger partial charge in [-0.3, -0.25) is 4.79 Å². The quantitative estimate of drug-likeness (QED) is 0.895. The molecule has 1 aliphatic carbocycles. The maximum Gasteiger partial charge on any atom is 0.274 e. The Kier molecular flexibility index (Phi) is 5.16. The first-order valence-corrected chi connectivity index (χ1v) is 8.87. The van der Waals surface area contributed by atoms with Gasteiger partial charge in [0, 0.05) is 30.4 Å². The molecule has 5 nitrogen and oxygen atoms in total. The zero-order valence-electron chi connectivity index (χ0n) is 14.6. The van der Waals surface area contributed by atoms with Gasteiger partial charge in [-0.2, -0.15) is 5.10 Å². The summed E-state index contributed by atoms with van der Waals surface area (Å²) in [5, 5.41) is 4.75. The van der Waals surface area contributed by atoms with Crippen molar-refractivity contribution in [2.75, 3.05) is 13.1 Å². The van der Waals surface area contributed by atoms with E-state index in [9.17, 15) is 4.79 Å². The van der Waals surface area contributed by atoms with E-state index in [1.54, 1.807) is 0 Å². The summed E-state index contributed by atoms with van der Waals surface area (Å²) in [6.07, 6.45) is 4.81. The second kappa shape index (κ2) is 7.18. The maximum atomic E-state index is 13.0. The summed E-state index contributed by atoms with van der Waals surface area (Å²) >= 11 is 0. The molecule has 2 heterocycles. The topological polar surface area (TPSA) is 64.2 Å². The third-order valence-corrected chi connectivity index (χ3v) is 5.30. The van der Waals surface area contributed by atoms with Crippen LogP contribution in [0.15, 0.2) is 24.3 Å². The van der Waals surface area contributed by atoms with Crippen LogP contribution in [0.1, 0.15) is 46.6 Å². The summed E-state index contributed by atoms with van der Waals surface area (Å²) in [6.45, 7) is 3.57. The molecule has 2 N–H and O–H groups in total. The number of halogens is 1. The second-order valence-electron chi connectivity index (χ2n) is 6.96. The molecule has 2 aliphatic rings. The molecule has 1 aromatic heterocycles. The van der Waals surface area contributed by atoms with Gasteiger partial charge in [-0.15, -0.1) is 12.4 Å². The van der Waals surface area contributed by atoms with Crippen molar-refractivity contribution >= 4 is 18.3 Å². The Morgan fingerprint density at radius 2 is 1.92 bits per heavy atom. The highest BCUT2D eigenvalue weighted by Gasteiger charge is 2.31. The highest BCUT2D eigenvalue weighted by atomic mass is 35.5. The van der Waals surface area contributed by atoms with Gasteiger partial charge in [-0.1, -0.05) is 18.2 Å². The number of benzene rings is 1. The smallest absolute Gasteiger partial charge is 0.274 e. The Morgan fingerprint density at radius 1 is 1.20 bits per heavy atom. The Bertz CT molecular complexity index is 778. The number of carbonyl (C=O) groups excluding carboxylic acids is 1. The van der Waals surface area contributed by atoms with Crippen LogP contribution in [0.2, 0.25) is 0 Å². The molecule has 1 fully saturated rings. The fraction of sp³-hybridized carbons (Fsp3) is 0.474. The van der Waals surface area contributed by atoms with E-state index in [1.165, 1.54) is 11.3 Å². The fourth-order valence-corrected chi connectivity index (χ4v) is 3.86. The third kappa shape index (κ3) is 3.18. The van der Waals surface area contributed by atoms with Crippen molar-refractivity contribution in [3.05, 3.63) is 46.8 Å². The van der Waals surface area contributed by atoms with Gasteiger partial charge in [0.15, 0.2) is 5.69 Å². The number of hydrogen-bond donors (Lipinski definition) is 1. The van der Waals surface area contributed by atoms with Crippen LogP contribution in [0.5, 0.6) is 0 Å². The summed E-state index contributed by atoms with van der Waals surface area (Å²) < 4.78 is 2.00. The van der Waals surface area contributed by atoms with E-state index in [0.717, 1.165) is 56.4 Å². The van der Waals surface area contributed by atoms with Crippen molar-refractivity contribution in [3.8, 4) is 5.69 Å². The zero-order valence-corrected chi connectivity index (χ0v) is 15.4. The van der Waals surface area contributed by atoms with Crippen LogP contribution in [0.3, 0.4) is 0 Å². The summed E-state index contributed by atoms with van der Waals surface area (Å²) in [5.41, 5.74) is 11.2. The lowest BCUT2D eigenvalue weighted by Crippen LogP contribution is -2.43. The average Bonchev–Trinajstić information content (AvgIpc) is 3.18. The Morgan fingerprint density at radius 3 is 2.64 bits per heavy atom. The molecule has 1 amide bonds. The first-order valence-electron chi connectivity index (χ1n) is 8.87. The number of aryl methyl sites for hydroxylation is 1. The highest BCUT2D eigenvalue weighted by molar-refractivity contribution is 5.94. The van der Waals surface area contributed by atoms with Crippen LogP contribution < -0.4 is 5.73 Å². The molecule has 0 unspecified atom stereocenters. The van der Waals surface area contributed by atoms with E-state index in [2.05, 4.69) is 19.1 Å². The molecule has 1 aliphatic heterocycles. The number of piperidine rings is 1. The predicted molar refractivity (Wildman–Crippen MR) is 101 cm³/mol. The number of likely N-dealkylation sites (tertiary alicyclic amines) is 1. The average molecular weight is 361 g/mol. The van der Waals surface area contributed by atoms with Crippen molar-refractivity contribution in [1.29, 1.82) is 0 Å². The molecule has 0 atom stereocenters. The normalized spacial score (nSPS) is 17.3. The van der Waals surface area contributed by atoms with E-state index in [-0.39, 0.29) is 24.4 Å². The summed E-state index contributed by atoms with van der Waals surface area (Å²) in [4.78, 5) is 14.9. The Labute approximate surface area is 154 Å². The number of rotatable bonds is 2. The number of nitrogens with zero attached hydrogens (tertiary/aromatic N) is 3. The number of hydrogen-bond acceptors (Lipinski definition) is 3. The van der Waals surface area contributed by atoms with Crippen molar-refractivity contribution in [3.63, 3.8) is 0 Å². The largest absolute Gasteiger partial charge is 0.337 e. The molecule has 1 aromatic carbocycles. The summed E-state index contributed by atoms with van der Waals surface area (Å²) in [7, 11) is 0. The molecule has 0 bridgehead atoms. The van der Waals surface area contributed by atoms with E-state index >= 15 is 0 Å². The first-order chi connectivity index (χ1) is 11.6. The maximum absolute atomic E-state index is 13.0. The minimum Gasteiger partial charge on any atom is -0.337 e. The van der Waals surface area contributed by atoms with Crippen LogP contribution in [0, 0.1) is 6.92 Å². The molecule has 0 radical (unpaired) electrons. The minimum absolute atomic E-state index is 0. The van der Waals surface area contributed by atoms with Gasteiger partial charge < -0.3 is 10.6 Å². The SMILES string of the molecule is Cc1ccccc1-n1nc(C(=O)N2CCC(N)CC2)c2c1CCC2.Cl. The van der Waals surface area contributed by atoms with Gasteiger partial charge in [0.1, 0.15) is 0 Å². The van der Waals surface area contributed by atoms with Crippen LogP contribution in [0.25, 0.3) is 5.69 Å². The van der Waals surface area contributed by atoms with E-state index in [1.807, 2.05) is 21.7 Å². The Balaban J connectivity index is 0.00000182. The van der Waals surface area contributed by atoms with Crippen molar-refractivity contribution in [1.82, 2.24) is 14.7 Å². The number of nitrogens with two attached hydrogens (primary N) is 1. The van der Waals surface area contributed by atoms with Crippen LogP contribution in [-0.4, -0.2) is 39.7 Å². The molecule has 6 heteroatoms. The Hall–Kier alpha value is -1.85. The van der Waals surface area contributed by atoms with Crippen LogP contribution in [-0.2, 0) is 12.8 Å². The lowest BCUT2D eigenvalue weighted by atomic mass is 10.1. The fourth-order valence-electron chi connectivity index (χ4n) is 3.86. The molecule has 4 rings (SSSR count). The first kappa shape index (κ1) is 18.0. The lowest BCUT2D eigenvalue weighted by Gasteiger charge is -2.29. The molecule has 0 saturated carbocycles. The molecule has 1 saturated heterocycles. The number of fused-ring (bicyclic) bond motifs is 1. The van der Waals surface area contributed by atoms with Crippen molar-refractivity contribution in [2.24, 2.45) is 5.73 Å². The van der Waals surface area contributed by atoms with Crippen molar-refractivity contribution in [2.45, 2.75) is 45.1 Å². The summed E-state index contributed by atoms with van der Waals surface area (Å²) in [5.74, 6) is 0.0763. The number of amides is 1. The molecule has 2 aromatic rings. The number of aromatic nitrogens is 2. The van der Waals surface area contributed by atoms with Gasteiger partial charge >= 0.3 is 0 Å². The standard InChI is InChI=1S/C19H24N4O.ClH/c1-13-5-2-3-7-16(13)23-17-8-4-6-15(17)18(21-23)19(24)22-11-9-14(20)10-12-22;/h2-3,5,7,14H,4,6,8-12,20H2,1H3;1H. The van der Waals surface area contributed by atoms with E-state index in [4.69, 9.17) is 10.8 Å². The van der Waals surface area contributed by atoms with Gasteiger partial charge in [0.05, 0.1) is 5.69 Å². The molecule has 25 heavy (non-hydrogen) atoms. The molecular formula is C19H25ClN4O.